The number of piperazine rings is 1. The molecule has 0 radical (unpaired) electrons. The van der Waals surface area contributed by atoms with Crippen molar-refractivity contribution in [3.05, 3.63) is 47.5 Å². The first-order valence-corrected chi connectivity index (χ1v) is 10.9. The smallest absolute Gasteiger partial charge is 0.227 e. The second kappa shape index (κ2) is 8.32. The molecule has 1 amide bonds. The average Bonchev–Trinajstić information content (AvgIpc) is 3.16. The summed E-state index contributed by atoms with van der Waals surface area (Å²) >= 11 is 6.38. The van der Waals surface area contributed by atoms with E-state index in [-0.39, 0.29) is 11.8 Å². The maximum Gasteiger partial charge on any atom is 0.227 e. The second-order valence-corrected chi connectivity index (χ2v) is 8.55. The van der Waals surface area contributed by atoms with E-state index in [1.165, 1.54) is 0 Å². The van der Waals surface area contributed by atoms with E-state index in [0.717, 1.165) is 31.0 Å². The average molecular weight is 441 g/mol. The lowest BCUT2D eigenvalue weighted by Crippen LogP contribution is -2.54. The molecule has 1 atom stereocenters. The van der Waals surface area contributed by atoms with E-state index in [1.54, 1.807) is 12.4 Å². The first-order chi connectivity index (χ1) is 15.1. The number of amides is 1. The minimum absolute atomic E-state index is 0.0310. The molecule has 3 aromatic rings. The first kappa shape index (κ1) is 20.0. The lowest BCUT2D eigenvalue weighted by molar-refractivity contribution is -0.125. The largest absolute Gasteiger partial charge is 0.353 e. The number of fused-ring (bicyclic) bond motifs is 1. The predicted molar refractivity (Wildman–Crippen MR) is 119 cm³/mol. The van der Waals surface area contributed by atoms with Crippen LogP contribution in [-0.4, -0.2) is 64.0 Å². The number of nitrogens with zero attached hydrogens (tertiary/aromatic N) is 6. The lowest BCUT2D eigenvalue weighted by Gasteiger charge is -2.40. The predicted octanol–water partition coefficient (Wildman–Crippen LogP) is 1.33. The van der Waals surface area contributed by atoms with Gasteiger partial charge in [-0.3, -0.25) is 4.79 Å². The summed E-state index contributed by atoms with van der Waals surface area (Å²) in [5, 5.41) is 6.96. The van der Waals surface area contributed by atoms with Crippen LogP contribution in [0.25, 0.3) is 5.65 Å². The van der Waals surface area contributed by atoms with E-state index in [9.17, 15) is 4.79 Å². The third-order valence-electron chi connectivity index (χ3n) is 5.85. The SMILES string of the molecule is CC1CN(c2ncc(Cl)c(N3CC(C(=O)NCc4cnc5ccccn45)C3)n2)CCN1. The standard InChI is InChI=1S/C21H25ClN8O/c1-14-11-28(7-5-23-14)21-26-10-17(22)19(27-21)29-12-15(13-29)20(31)25-9-16-8-24-18-4-2-3-6-30(16)18/h2-4,6,8,10,14-15,23H,5,7,9,11-13H2,1H3,(H,25,31). The van der Waals surface area contributed by atoms with Gasteiger partial charge in [-0.2, -0.15) is 4.98 Å². The number of aromatic nitrogens is 4. The van der Waals surface area contributed by atoms with E-state index < -0.39 is 0 Å². The Hall–Kier alpha value is -2.91. The maximum absolute atomic E-state index is 12.6. The number of hydrogen-bond acceptors (Lipinski definition) is 7. The number of rotatable bonds is 5. The molecule has 0 bridgehead atoms. The molecule has 162 valence electrons. The summed E-state index contributed by atoms with van der Waals surface area (Å²) in [6.45, 7) is 6.39. The number of carbonyl (C=O) groups excluding carboxylic acids is 1. The molecule has 2 N–H and O–H groups in total. The summed E-state index contributed by atoms with van der Waals surface area (Å²) in [5.74, 6) is 1.33. The topological polar surface area (TPSA) is 90.7 Å². The molecular formula is C21H25ClN8O. The van der Waals surface area contributed by atoms with Gasteiger partial charge in [-0.15, -0.1) is 0 Å². The number of pyridine rings is 1. The number of halogens is 1. The molecule has 2 saturated heterocycles. The second-order valence-electron chi connectivity index (χ2n) is 8.14. The van der Waals surface area contributed by atoms with Gasteiger partial charge >= 0.3 is 0 Å². The van der Waals surface area contributed by atoms with Crippen molar-refractivity contribution in [2.45, 2.75) is 19.5 Å². The lowest BCUT2D eigenvalue weighted by atomic mass is 9.99. The molecule has 2 aliphatic heterocycles. The van der Waals surface area contributed by atoms with E-state index in [1.807, 2.05) is 33.7 Å². The van der Waals surface area contributed by atoms with Crippen LogP contribution in [0.4, 0.5) is 11.8 Å². The van der Waals surface area contributed by atoms with Crippen LogP contribution in [0.2, 0.25) is 5.02 Å². The van der Waals surface area contributed by atoms with Crippen molar-refractivity contribution >= 4 is 34.9 Å². The molecule has 2 aliphatic rings. The fourth-order valence-corrected chi connectivity index (χ4v) is 4.30. The van der Waals surface area contributed by atoms with Gasteiger partial charge < -0.3 is 24.8 Å². The monoisotopic (exact) mass is 440 g/mol. The molecule has 1 unspecified atom stereocenters. The fourth-order valence-electron chi connectivity index (χ4n) is 4.09. The van der Waals surface area contributed by atoms with Crippen molar-refractivity contribution in [3.63, 3.8) is 0 Å². The van der Waals surface area contributed by atoms with E-state index >= 15 is 0 Å². The minimum atomic E-state index is -0.0899. The number of carbonyl (C=O) groups is 1. The summed E-state index contributed by atoms with van der Waals surface area (Å²) in [7, 11) is 0. The summed E-state index contributed by atoms with van der Waals surface area (Å²) in [4.78, 5) is 30.3. The van der Waals surface area contributed by atoms with Crippen LogP contribution in [-0.2, 0) is 11.3 Å². The first-order valence-electron chi connectivity index (χ1n) is 10.5. The highest BCUT2D eigenvalue weighted by Gasteiger charge is 2.35. The van der Waals surface area contributed by atoms with Gasteiger partial charge in [-0.05, 0) is 19.1 Å². The molecule has 5 heterocycles. The Labute approximate surface area is 185 Å². The Morgan fingerprint density at radius 3 is 2.94 bits per heavy atom. The Bertz CT molecular complexity index is 1100. The Morgan fingerprint density at radius 1 is 1.23 bits per heavy atom. The Balaban J connectivity index is 1.19. The van der Waals surface area contributed by atoms with Crippen LogP contribution in [0.1, 0.15) is 12.6 Å². The van der Waals surface area contributed by atoms with Gasteiger partial charge in [0, 0.05) is 45.0 Å². The van der Waals surface area contributed by atoms with Crippen molar-refractivity contribution in [1.82, 2.24) is 30.0 Å². The van der Waals surface area contributed by atoms with Gasteiger partial charge in [0.15, 0.2) is 5.82 Å². The molecule has 0 aromatic carbocycles. The number of anilines is 2. The zero-order valence-electron chi connectivity index (χ0n) is 17.3. The molecule has 0 saturated carbocycles. The normalized spacial score (nSPS) is 19.5. The van der Waals surface area contributed by atoms with Crippen LogP contribution < -0.4 is 20.4 Å². The highest BCUT2D eigenvalue weighted by molar-refractivity contribution is 6.32. The number of imidazole rings is 1. The zero-order valence-corrected chi connectivity index (χ0v) is 18.1. The van der Waals surface area contributed by atoms with Gasteiger partial charge in [-0.25, -0.2) is 9.97 Å². The van der Waals surface area contributed by atoms with Crippen LogP contribution in [0, 0.1) is 5.92 Å². The van der Waals surface area contributed by atoms with Gasteiger partial charge in [-0.1, -0.05) is 17.7 Å². The van der Waals surface area contributed by atoms with E-state index in [2.05, 4.69) is 32.4 Å². The van der Waals surface area contributed by atoms with E-state index in [0.29, 0.717) is 42.5 Å². The third-order valence-corrected chi connectivity index (χ3v) is 6.12. The van der Waals surface area contributed by atoms with Crippen molar-refractivity contribution in [2.75, 3.05) is 42.5 Å². The highest BCUT2D eigenvalue weighted by atomic mass is 35.5. The third kappa shape index (κ3) is 4.03. The van der Waals surface area contributed by atoms with Crippen LogP contribution in [0.5, 0.6) is 0 Å². The fraction of sp³-hybridized carbons (Fsp3) is 0.429. The molecule has 10 heteroatoms. The number of hydrogen-bond donors (Lipinski definition) is 2. The highest BCUT2D eigenvalue weighted by Crippen LogP contribution is 2.31. The quantitative estimate of drug-likeness (QED) is 0.618. The van der Waals surface area contributed by atoms with Gasteiger partial charge in [0.25, 0.3) is 0 Å². The van der Waals surface area contributed by atoms with Crippen molar-refractivity contribution < 1.29 is 4.79 Å². The molecule has 3 aromatic heterocycles. The summed E-state index contributed by atoms with van der Waals surface area (Å²) in [5.41, 5.74) is 1.82. The molecule has 5 rings (SSSR count). The summed E-state index contributed by atoms with van der Waals surface area (Å²) < 4.78 is 1.98. The zero-order chi connectivity index (χ0) is 21.4. The minimum Gasteiger partial charge on any atom is -0.353 e. The van der Waals surface area contributed by atoms with Gasteiger partial charge in [0.2, 0.25) is 11.9 Å². The van der Waals surface area contributed by atoms with Gasteiger partial charge in [0.1, 0.15) is 10.7 Å². The summed E-state index contributed by atoms with van der Waals surface area (Å²) in [6.07, 6.45) is 5.40. The molecule has 31 heavy (non-hydrogen) atoms. The number of nitrogens with one attached hydrogen (secondary N) is 2. The van der Waals surface area contributed by atoms with Crippen molar-refractivity contribution in [1.29, 1.82) is 0 Å². The Morgan fingerprint density at radius 2 is 2.10 bits per heavy atom. The van der Waals surface area contributed by atoms with Crippen molar-refractivity contribution in [2.24, 2.45) is 5.92 Å². The van der Waals surface area contributed by atoms with Crippen molar-refractivity contribution in [3.8, 4) is 0 Å². The van der Waals surface area contributed by atoms with Crippen LogP contribution >= 0.6 is 11.6 Å². The van der Waals surface area contributed by atoms with E-state index in [4.69, 9.17) is 16.6 Å². The van der Waals surface area contributed by atoms with Gasteiger partial charge in [0.05, 0.1) is 30.6 Å². The molecular weight excluding hydrogens is 416 g/mol. The molecule has 9 nitrogen and oxygen atoms in total. The maximum atomic E-state index is 12.6. The van der Waals surface area contributed by atoms with Crippen LogP contribution in [0.15, 0.2) is 36.8 Å². The summed E-state index contributed by atoms with van der Waals surface area (Å²) in [6, 6.07) is 6.22. The molecule has 0 aliphatic carbocycles. The van der Waals surface area contributed by atoms with Crippen LogP contribution in [0.3, 0.4) is 0 Å². The molecule has 2 fully saturated rings. The molecule has 0 spiro atoms. The Kier molecular flexibility index (Phi) is 5.37.